The molecule has 0 bridgehead atoms. The molecule has 3 aliphatic rings. The Morgan fingerprint density at radius 2 is 2.08 bits per heavy atom. The van der Waals surface area contributed by atoms with Gasteiger partial charge in [-0.3, -0.25) is 9.89 Å². The molecule has 0 aromatic rings. The van der Waals surface area contributed by atoms with E-state index >= 15 is 0 Å². The van der Waals surface area contributed by atoms with Gasteiger partial charge in [-0.1, -0.05) is 12.2 Å². The molecule has 0 saturated carbocycles. The predicted molar refractivity (Wildman–Crippen MR) is 103 cm³/mol. The maximum atomic E-state index is 5.55. The highest BCUT2D eigenvalue weighted by atomic mass is 32.2. The summed E-state index contributed by atoms with van der Waals surface area (Å²) in [6.07, 6.45) is 10.3. The third-order valence-electron chi connectivity index (χ3n) is 5.51. The van der Waals surface area contributed by atoms with Gasteiger partial charge in [0.1, 0.15) is 0 Å². The topological polar surface area (TPSA) is 40.1 Å². The van der Waals surface area contributed by atoms with Crippen LogP contribution in [0.2, 0.25) is 0 Å². The zero-order valence-corrected chi connectivity index (χ0v) is 16.0. The summed E-state index contributed by atoms with van der Waals surface area (Å²) in [5.74, 6) is 1.10. The first-order valence-corrected chi connectivity index (χ1v) is 10.5. The maximum absolute atomic E-state index is 5.55. The van der Waals surface area contributed by atoms with Crippen LogP contribution in [0, 0.1) is 0 Å². The molecule has 6 heteroatoms. The fourth-order valence-electron chi connectivity index (χ4n) is 3.84. The molecule has 5 nitrogen and oxygen atoms in total. The lowest BCUT2D eigenvalue weighted by Gasteiger charge is -2.35. The number of likely N-dealkylation sites (tertiary alicyclic amines) is 1. The first-order valence-electron chi connectivity index (χ1n) is 9.31. The van der Waals surface area contributed by atoms with Gasteiger partial charge in [0.25, 0.3) is 0 Å². The minimum absolute atomic E-state index is 0.261. The molecule has 1 unspecified atom stereocenters. The molecule has 3 aliphatic heterocycles. The average Bonchev–Trinajstić information content (AvgIpc) is 3.30. The maximum Gasteiger partial charge on any atom is 0.194 e. The summed E-state index contributed by atoms with van der Waals surface area (Å²) < 4.78 is 5.81. The molecule has 0 aromatic carbocycles. The van der Waals surface area contributed by atoms with Gasteiger partial charge in [0.2, 0.25) is 0 Å². The molecule has 1 atom stereocenters. The summed E-state index contributed by atoms with van der Waals surface area (Å²) >= 11 is 1.97. The number of ether oxygens (including phenoxy) is 1. The summed E-state index contributed by atoms with van der Waals surface area (Å²) in [4.78, 5) is 10.1. The Balaban J connectivity index is 1.61. The van der Waals surface area contributed by atoms with Gasteiger partial charge in [-0.05, 0) is 32.4 Å². The van der Waals surface area contributed by atoms with E-state index < -0.39 is 0 Å². The Morgan fingerprint density at radius 1 is 1.33 bits per heavy atom. The zero-order valence-electron chi connectivity index (χ0n) is 15.2. The van der Waals surface area contributed by atoms with Crippen molar-refractivity contribution in [2.24, 2.45) is 4.99 Å². The first kappa shape index (κ1) is 18.1. The van der Waals surface area contributed by atoms with Crippen molar-refractivity contribution in [1.29, 1.82) is 0 Å². The fraction of sp³-hybridized carbons (Fsp3) is 0.833. The largest absolute Gasteiger partial charge is 0.381 e. The van der Waals surface area contributed by atoms with Crippen molar-refractivity contribution in [3.05, 3.63) is 12.2 Å². The normalized spacial score (nSPS) is 27.8. The van der Waals surface area contributed by atoms with Crippen molar-refractivity contribution in [3.8, 4) is 0 Å². The van der Waals surface area contributed by atoms with Gasteiger partial charge in [0, 0.05) is 56.7 Å². The van der Waals surface area contributed by atoms with Crippen LogP contribution in [0.3, 0.4) is 0 Å². The van der Waals surface area contributed by atoms with Crippen LogP contribution in [0.15, 0.2) is 17.1 Å². The fourth-order valence-corrected chi connectivity index (χ4v) is 4.61. The molecule has 136 valence electrons. The molecule has 2 fully saturated rings. The highest BCUT2D eigenvalue weighted by Gasteiger charge is 2.33. The quantitative estimate of drug-likeness (QED) is 0.464. The molecular weight excluding hydrogens is 320 g/mol. The Kier molecular flexibility index (Phi) is 6.47. The van der Waals surface area contributed by atoms with Crippen molar-refractivity contribution >= 4 is 17.7 Å². The van der Waals surface area contributed by atoms with Crippen LogP contribution in [0.4, 0.5) is 0 Å². The monoisotopic (exact) mass is 352 g/mol. The molecule has 2 saturated heterocycles. The van der Waals surface area contributed by atoms with E-state index in [0.29, 0.717) is 6.04 Å². The third kappa shape index (κ3) is 4.27. The minimum Gasteiger partial charge on any atom is -0.381 e. The van der Waals surface area contributed by atoms with Crippen molar-refractivity contribution in [1.82, 2.24) is 15.1 Å². The molecule has 3 heterocycles. The number of thioether (sulfide) groups is 1. The average molecular weight is 353 g/mol. The first-order chi connectivity index (χ1) is 11.8. The van der Waals surface area contributed by atoms with Gasteiger partial charge in [-0.25, -0.2) is 0 Å². The van der Waals surface area contributed by atoms with Gasteiger partial charge >= 0.3 is 0 Å². The van der Waals surface area contributed by atoms with Crippen LogP contribution in [-0.4, -0.2) is 85.3 Å². The van der Waals surface area contributed by atoms with E-state index in [9.17, 15) is 0 Å². The van der Waals surface area contributed by atoms with E-state index in [4.69, 9.17) is 9.73 Å². The van der Waals surface area contributed by atoms with Crippen LogP contribution in [0.5, 0.6) is 0 Å². The summed E-state index contributed by atoms with van der Waals surface area (Å²) in [7, 11) is 0. The molecule has 1 N–H and O–H groups in total. The van der Waals surface area contributed by atoms with Gasteiger partial charge in [0.05, 0.1) is 6.54 Å². The summed E-state index contributed by atoms with van der Waals surface area (Å²) in [5, 5.41) is 3.52. The SMILES string of the molecule is CCNC(=NCC1(SC)CCOCC1)N1CCC(N2CC=CC2)C1. The standard InChI is InChI=1S/C18H32N4OS/c1-3-19-17(20-15-18(24-2)7-12-23-13-8-18)22-11-6-16(14-22)21-9-4-5-10-21/h4-5,16H,3,6-15H2,1-2H3,(H,19,20). The van der Waals surface area contributed by atoms with Crippen molar-refractivity contribution in [2.45, 2.75) is 37.0 Å². The summed E-state index contributed by atoms with van der Waals surface area (Å²) in [5.41, 5.74) is 0. The second-order valence-electron chi connectivity index (χ2n) is 6.98. The second kappa shape index (κ2) is 8.59. The zero-order chi connectivity index (χ0) is 16.8. The number of aliphatic imine (C=N–C) groups is 1. The van der Waals surface area contributed by atoms with Crippen molar-refractivity contribution < 1.29 is 4.74 Å². The highest BCUT2D eigenvalue weighted by molar-refractivity contribution is 8.00. The lowest BCUT2D eigenvalue weighted by Crippen LogP contribution is -2.44. The summed E-state index contributed by atoms with van der Waals surface area (Å²) in [6.45, 7) is 10.2. The predicted octanol–water partition coefficient (Wildman–Crippen LogP) is 1.81. The van der Waals surface area contributed by atoms with E-state index in [2.05, 4.69) is 40.4 Å². The van der Waals surface area contributed by atoms with Gasteiger partial charge in [-0.2, -0.15) is 11.8 Å². The molecule has 0 spiro atoms. The Morgan fingerprint density at radius 3 is 2.75 bits per heavy atom. The Labute approximate surface area is 150 Å². The van der Waals surface area contributed by atoms with Gasteiger partial charge in [-0.15, -0.1) is 0 Å². The lowest BCUT2D eigenvalue weighted by atomic mass is 9.99. The third-order valence-corrected chi connectivity index (χ3v) is 6.92. The lowest BCUT2D eigenvalue weighted by molar-refractivity contribution is 0.0793. The summed E-state index contributed by atoms with van der Waals surface area (Å²) in [6, 6.07) is 0.668. The van der Waals surface area contributed by atoms with Gasteiger partial charge in [0.15, 0.2) is 5.96 Å². The highest BCUT2D eigenvalue weighted by Crippen LogP contribution is 2.34. The van der Waals surface area contributed by atoms with Crippen LogP contribution < -0.4 is 5.32 Å². The Bertz CT molecular complexity index is 454. The molecular formula is C18H32N4OS. The molecule has 24 heavy (non-hydrogen) atoms. The molecule has 3 rings (SSSR count). The molecule has 0 aliphatic carbocycles. The number of guanidine groups is 1. The van der Waals surface area contributed by atoms with Crippen molar-refractivity contribution in [3.63, 3.8) is 0 Å². The molecule has 0 amide bonds. The van der Waals surface area contributed by atoms with Crippen LogP contribution >= 0.6 is 11.8 Å². The van der Waals surface area contributed by atoms with Crippen LogP contribution in [-0.2, 0) is 4.74 Å². The number of rotatable bonds is 5. The van der Waals surface area contributed by atoms with E-state index in [1.165, 1.54) is 6.42 Å². The van der Waals surface area contributed by atoms with E-state index in [-0.39, 0.29) is 4.75 Å². The number of hydrogen-bond donors (Lipinski definition) is 1. The minimum atomic E-state index is 0.261. The van der Waals surface area contributed by atoms with E-state index in [1.807, 2.05) is 11.8 Å². The second-order valence-corrected chi connectivity index (χ2v) is 8.26. The van der Waals surface area contributed by atoms with Crippen LogP contribution in [0.25, 0.3) is 0 Å². The number of hydrogen-bond acceptors (Lipinski definition) is 4. The number of nitrogens with zero attached hydrogens (tertiary/aromatic N) is 3. The number of nitrogens with one attached hydrogen (secondary N) is 1. The van der Waals surface area contributed by atoms with E-state index in [1.54, 1.807) is 0 Å². The van der Waals surface area contributed by atoms with Gasteiger partial charge < -0.3 is 15.0 Å². The van der Waals surface area contributed by atoms with E-state index in [0.717, 1.165) is 71.3 Å². The van der Waals surface area contributed by atoms with Crippen molar-refractivity contribution in [2.75, 3.05) is 58.7 Å². The molecule has 0 radical (unpaired) electrons. The Hall–Kier alpha value is -0.720. The molecule has 0 aromatic heterocycles. The smallest absolute Gasteiger partial charge is 0.194 e. The van der Waals surface area contributed by atoms with Crippen LogP contribution in [0.1, 0.15) is 26.2 Å².